The van der Waals surface area contributed by atoms with Crippen molar-refractivity contribution in [1.29, 1.82) is 0 Å². The molecule has 0 aromatic carbocycles. The molecule has 7 heteroatoms. The highest BCUT2D eigenvalue weighted by atomic mass is 32.1. The summed E-state index contributed by atoms with van der Waals surface area (Å²) in [5, 5.41) is 5.76. The van der Waals surface area contributed by atoms with Gasteiger partial charge in [0.05, 0.1) is 24.1 Å². The van der Waals surface area contributed by atoms with Gasteiger partial charge in [-0.2, -0.15) is 0 Å². The lowest BCUT2D eigenvalue weighted by Crippen LogP contribution is -2.49. The summed E-state index contributed by atoms with van der Waals surface area (Å²) in [6.45, 7) is 5.23. The zero-order chi connectivity index (χ0) is 17.1. The largest absolute Gasteiger partial charge is 0.377 e. The number of nitrogens with zero attached hydrogens (tertiary/aromatic N) is 2. The van der Waals surface area contributed by atoms with Gasteiger partial charge in [-0.05, 0) is 11.4 Å². The third-order valence-corrected chi connectivity index (χ3v) is 4.93. The van der Waals surface area contributed by atoms with Crippen LogP contribution in [-0.2, 0) is 4.74 Å². The summed E-state index contributed by atoms with van der Waals surface area (Å²) in [5.41, 5.74) is 0.286. The molecule has 0 bridgehead atoms. The number of thiophene rings is 1. The highest BCUT2D eigenvalue weighted by Gasteiger charge is 2.32. The average Bonchev–Trinajstić information content (AvgIpc) is 3.26. The standard InChI is InChI=1S/C17H20N2O4S/c1-11(2)15-9-13(18-23-15)17(21)19-5-6-22-10-12(19)8-14(20)16-4-3-7-24-16/h3-4,7,9,11-12H,5-6,8,10H2,1-2H3. The van der Waals surface area contributed by atoms with Crippen LogP contribution in [0.3, 0.4) is 0 Å². The highest BCUT2D eigenvalue weighted by molar-refractivity contribution is 7.12. The maximum atomic E-state index is 12.8. The topological polar surface area (TPSA) is 72.6 Å². The van der Waals surface area contributed by atoms with E-state index in [0.717, 1.165) is 0 Å². The number of morpholine rings is 1. The Morgan fingerprint density at radius 1 is 1.46 bits per heavy atom. The molecule has 2 aromatic rings. The maximum absolute atomic E-state index is 12.8. The Hall–Kier alpha value is -1.99. The molecule has 1 aliphatic heterocycles. The molecule has 1 aliphatic rings. The molecule has 128 valence electrons. The number of ketones is 1. The monoisotopic (exact) mass is 348 g/mol. The third-order valence-electron chi connectivity index (χ3n) is 4.02. The third kappa shape index (κ3) is 3.57. The van der Waals surface area contributed by atoms with Crippen LogP contribution in [0.4, 0.5) is 0 Å². The van der Waals surface area contributed by atoms with Gasteiger partial charge >= 0.3 is 0 Å². The molecule has 1 unspecified atom stereocenters. The first-order valence-corrected chi connectivity index (χ1v) is 8.86. The van der Waals surface area contributed by atoms with Crippen LogP contribution in [0.25, 0.3) is 0 Å². The predicted octanol–water partition coefficient (Wildman–Crippen LogP) is 2.97. The van der Waals surface area contributed by atoms with Gasteiger partial charge in [0, 0.05) is 24.9 Å². The quantitative estimate of drug-likeness (QED) is 0.777. The summed E-state index contributed by atoms with van der Waals surface area (Å²) in [7, 11) is 0. The lowest BCUT2D eigenvalue weighted by atomic mass is 10.1. The zero-order valence-corrected chi connectivity index (χ0v) is 14.5. The van der Waals surface area contributed by atoms with Crippen molar-refractivity contribution in [2.75, 3.05) is 19.8 Å². The van der Waals surface area contributed by atoms with Crippen molar-refractivity contribution < 1.29 is 18.8 Å². The molecule has 2 aromatic heterocycles. The van der Waals surface area contributed by atoms with E-state index in [9.17, 15) is 9.59 Å². The van der Waals surface area contributed by atoms with Crippen LogP contribution in [-0.4, -0.2) is 47.5 Å². The van der Waals surface area contributed by atoms with Crippen molar-refractivity contribution >= 4 is 23.0 Å². The summed E-state index contributed by atoms with van der Waals surface area (Å²) in [5.74, 6) is 0.664. The molecule has 1 fully saturated rings. The second-order valence-corrected chi connectivity index (χ2v) is 7.05. The van der Waals surface area contributed by atoms with Crippen LogP contribution in [0.15, 0.2) is 28.1 Å². The van der Waals surface area contributed by atoms with E-state index in [-0.39, 0.29) is 35.8 Å². The Morgan fingerprint density at radius 2 is 2.29 bits per heavy atom. The van der Waals surface area contributed by atoms with E-state index in [2.05, 4.69) is 5.16 Å². The molecule has 0 N–H and O–H groups in total. The van der Waals surface area contributed by atoms with E-state index in [1.54, 1.807) is 17.0 Å². The van der Waals surface area contributed by atoms with E-state index >= 15 is 0 Å². The predicted molar refractivity (Wildman–Crippen MR) is 89.5 cm³/mol. The summed E-state index contributed by atoms with van der Waals surface area (Å²) < 4.78 is 10.7. The zero-order valence-electron chi connectivity index (χ0n) is 13.7. The van der Waals surface area contributed by atoms with Crippen molar-refractivity contribution in [3.8, 4) is 0 Å². The van der Waals surface area contributed by atoms with E-state index in [4.69, 9.17) is 9.26 Å². The normalized spacial score (nSPS) is 18.1. The summed E-state index contributed by atoms with van der Waals surface area (Å²) in [4.78, 5) is 27.5. The number of aromatic nitrogens is 1. The van der Waals surface area contributed by atoms with Crippen molar-refractivity contribution in [1.82, 2.24) is 10.1 Å². The molecule has 1 saturated heterocycles. The van der Waals surface area contributed by atoms with Gasteiger partial charge in [0.2, 0.25) is 0 Å². The Morgan fingerprint density at radius 3 is 2.96 bits per heavy atom. The van der Waals surface area contributed by atoms with Crippen LogP contribution < -0.4 is 0 Å². The van der Waals surface area contributed by atoms with Gasteiger partial charge in [-0.25, -0.2) is 0 Å². The van der Waals surface area contributed by atoms with Gasteiger partial charge in [0.15, 0.2) is 11.5 Å². The molecule has 0 radical (unpaired) electrons. The van der Waals surface area contributed by atoms with Crippen LogP contribution >= 0.6 is 11.3 Å². The van der Waals surface area contributed by atoms with Crippen LogP contribution in [0.2, 0.25) is 0 Å². The Balaban J connectivity index is 1.73. The first kappa shape index (κ1) is 16.9. The molecule has 3 heterocycles. The first-order valence-electron chi connectivity index (χ1n) is 7.98. The number of Topliss-reactive ketones (excluding diaryl/α,β-unsaturated/α-hetero) is 1. The van der Waals surface area contributed by atoms with Gasteiger partial charge in [0.1, 0.15) is 5.76 Å². The number of amides is 1. The lowest BCUT2D eigenvalue weighted by Gasteiger charge is -2.34. The van der Waals surface area contributed by atoms with Crippen molar-refractivity contribution in [3.05, 3.63) is 39.9 Å². The molecule has 0 saturated carbocycles. The number of hydrogen-bond acceptors (Lipinski definition) is 6. The van der Waals surface area contributed by atoms with E-state index in [0.29, 0.717) is 30.4 Å². The van der Waals surface area contributed by atoms with Crippen LogP contribution in [0.5, 0.6) is 0 Å². The molecular formula is C17H20N2O4S. The summed E-state index contributed by atoms with van der Waals surface area (Å²) >= 11 is 1.41. The van der Waals surface area contributed by atoms with Gasteiger partial charge in [-0.3, -0.25) is 9.59 Å². The van der Waals surface area contributed by atoms with Crippen molar-refractivity contribution in [2.24, 2.45) is 0 Å². The van der Waals surface area contributed by atoms with Gasteiger partial charge < -0.3 is 14.2 Å². The minimum absolute atomic E-state index is 0.0290. The number of rotatable bonds is 5. The molecule has 0 spiro atoms. The summed E-state index contributed by atoms with van der Waals surface area (Å²) in [6.07, 6.45) is 0.251. The second kappa shape index (κ2) is 7.27. The maximum Gasteiger partial charge on any atom is 0.276 e. The molecule has 0 aliphatic carbocycles. The molecule has 1 atom stereocenters. The first-order chi connectivity index (χ1) is 11.6. The van der Waals surface area contributed by atoms with Gasteiger partial charge in [-0.1, -0.05) is 25.1 Å². The van der Waals surface area contributed by atoms with Gasteiger partial charge in [0.25, 0.3) is 5.91 Å². The summed E-state index contributed by atoms with van der Waals surface area (Å²) in [6, 6.07) is 5.05. The molecule has 1 amide bonds. The van der Waals surface area contributed by atoms with Crippen molar-refractivity contribution in [3.63, 3.8) is 0 Å². The molecule has 6 nitrogen and oxygen atoms in total. The Labute approximate surface area is 144 Å². The van der Waals surface area contributed by atoms with Gasteiger partial charge in [-0.15, -0.1) is 11.3 Å². The van der Waals surface area contributed by atoms with E-state index < -0.39 is 0 Å². The average molecular weight is 348 g/mol. The van der Waals surface area contributed by atoms with E-state index in [1.165, 1.54) is 11.3 Å². The van der Waals surface area contributed by atoms with E-state index in [1.807, 2.05) is 25.3 Å². The second-order valence-electron chi connectivity index (χ2n) is 6.10. The highest BCUT2D eigenvalue weighted by Crippen LogP contribution is 2.21. The fourth-order valence-electron chi connectivity index (χ4n) is 2.65. The smallest absolute Gasteiger partial charge is 0.276 e. The number of ether oxygens (including phenoxy) is 1. The fourth-order valence-corrected chi connectivity index (χ4v) is 3.33. The van der Waals surface area contributed by atoms with Crippen LogP contribution in [0, 0.1) is 0 Å². The minimum atomic E-state index is -0.278. The molecular weight excluding hydrogens is 328 g/mol. The minimum Gasteiger partial charge on any atom is -0.377 e. The number of hydrogen-bond donors (Lipinski definition) is 0. The Bertz CT molecular complexity index is 708. The van der Waals surface area contributed by atoms with Crippen LogP contribution in [0.1, 0.15) is 52.1 Å². The molecule has 24 heavy (non-hydrogen) atoms. The number of carbonyl (C=O) groups is 2. The fraction of sp³-hybridized carbons (Fsp3) is 0.471. The van der Waals surface area contributed by atoms with Crippen molar-refractivity contribution in [2.45, 2.75) is 32.2 Å². The SMILES string of the molecule is CC(C)c1cc(C(=O)N2CCOCC2CC(=O)c2cccs2)no1. The lowest BCUT2D eigenvalue weighted by molar-refractivity contribution is -0.00325. The molecule has 3 rings (SSSR count). The Kier molecular flexibility index (Phi) is 5.11. The number of carbonyl (C=O) groups excluding carboxylic acids is 2.